The van der Waals surface area contributed by atoms with Crippen molar-refractivity contribution in [3.05, 3.63) is 23.8 Å². The van der Waals surface area contributed by atoms with Crippen LogP contribution in [0, 0.1) is 5.41 Å². The molecule has 0 saturated carbocycles. The van der Waals surface area contributed by atoms with Crippen molar-refractivity contribution < 1.29 is 9.47 Å². The van der Waals surface area contributed by atoms with Gasteiger partial charge >= 0.3 is 0 Å². The van der Waals surface area contributed by atoms with E-state index in [1.807, 2.05) is 18.2 Å². The predicted octanol–water partition coefficient (Wildman–Crippen LogP) is 2.57. The van der Waals surface area contributed by atoms with Crippen molar-refractivity contribution in [2.75, 3.05) is 48.5 Å². The monoisotopic (exact) mass is 464 g/mol. The van der Waals surface area contributed by atoms with Crippen molar-refractivity contribution >= 4 is 29.9 Å². The van der Waals surface area contributed by atoms with E-state index >= 15 is 0 Å². The van der Waals surface area contributed by atoms with Crippen LogP contribution in [-0.2, 0) is 6.54 Å². The van der Waals surface area contributed by atoms with E-state index in [-0.39, 0.29) is 29.4 Å². The molecule has 0 fully saturated rings. The van der Waals surface area contributed by atoms with E-state index in [4.69, 9.17) is 9.47 Å². The average molecular weight is 464 g/mol. The molecule has 0 amide bonds. The second-order valence-electron chi connectivity index (χ2n) is 6.86. The fourth-order valence-corrected chi connectivity index (χ4v) is 2.63. The lowest BCUT2D eigenvalue weighted by molar-refractivity contribution is 0.241. The molecule has 0 radical (unpaired) electrons. The van der Waals surface area contributed by atoms with Crippen LogP contribution in [0.1, 0.15) is 19.4 Å². The largest absolute Gasteiger partial charge is 0.497 e. The highest BCUT2D eigenvalue weighted by Gasteiger charge is 2.19. The summed E-state index contributed by atoms with van der Waals surface area (Å²) in [7, 11) is 9.26. The highest BCUT2D eigenvalue weighted by atomic mass is 127. The van der Waals surface area contributed by atoms with Crippen molar-refractivity contribution in [2.24, 2.45) is 10.4 Å². The Morgan fingerprint density at radius 3 is 2.36 bits per heavy atom. The number of hydrogen-bond acceptors (Lipinski definition) is 4. The highest BCUT2D eigenvalue weighted by Crippen LogP contribution is 2.24. The summed E-state index contributed by atoms with van der Waals surface area (Å²) in [5.74, 6) is 2.36. The van der Waals surface area contributed by atoms with Crippen LogP contribution in [0.2, 0.25) is 0 Å². The van der Waals surface area contributed by atoms with E-state index in [2.05, 4.69) is 48.5 Å². The number of methoxy groups -OCH3 is 2. The van der Waals surface area contributed by atoms with Gasteiger partial charge in [0.2, 0.25) is 0 Å². The summed E-state index contributed by atoms with van der Waals surface area (Å²) in [5, 5.41) is 6.72. The zero-order valence-electron chi connectivity index (χ0n) is 16.5. The summed E-state index contributed by atoms with van der Waals surface area (Å²) in [4.78, 5) is 6.48. The Bertz CT molecular complexity index is 548. The number of nitrogens with zero attached hydrogens (tertiary/aromatic N) is 2. The lowest BCUT2D eigenvalue weighted by Crippen LogP contribution is -2.44. The lowest BCUT2D eigenvalue weighted by atomic mass is 9.93. The molecule has 0 aliphatic rings. The maximum absolute atomic E-state index is 5.43. The van der Waals surface area contributed by atoms with E-state index in [1.54, 1.807) is 21.3 Å². The number of aliphatic imine (C=N–C) groups is 1. The molecule has 6 nitrogen and oxygen atoms in total. The quantitative estimate of drug-likeness (QED) is 0.352. The molecule has 144 valence electrons. The van der Waals surface area contributed by atoms with Crippen LogP contribution in [0.3, 0.4) is 0 Å². The van der Waals surface area contributed by atoms with Crippen molar-refractivity contribution in [1.29, 1.82) is 0 Å². The topological polar surface area (TPSA) is 58.1 Å². The van der Waals surface area contributed by atoms with Crippen LogP contribution in [0.25, 0.3) is 0 Å². The molecular formula is C18H33IN4O2. The fourth-order valence-electron chi connectivity index (χ4n) is 2.63. The van der Waals surface area contributed by atoms with Gasteiger partial charge in [-0.05, 0) is 31.6 Å². The van der Waals surface area contributed by atoms with Crippen LogP contribution in [0.4, 0.5) is 0 Å². The van der Waals surface area contributed by atoms with E-state index < -0.39 is 0 Å². The molecule has 0 spiro atoms. The first-order chi connectivity index (χ1) is 11.3. The molecule has 2 N–H and O–H groups in total. The molecule has 0 unspecified atom stereocenters. The van der Waals surface area contributed by atoms with Gasteiger partial charge in [0.25, 0.3) is 0 Å². The normalized spacial score (nSPS) is 11.8. The maximum atomic E-state index is 5.43. The van der Waals surface area contributed by atoms with E-state index in [0.717, 1.165) is 36.1 Å². The van der Waals surface area contributed by atoms with Gasteiger partial charge < -0.3 is 25.0 Å². The number of guanidine groups is 1. The predicted molar refractivity (Wildman–Crippen MR) is 115 cm³/mol. The summed E-state index contributed by atoms with van der Waals surface area (Å²) in [6, 6.07) is 5.80. The van der Waals surface area contributed by atoms with Crippen LogP contribution >= 0.6 is 24.0 Å². The molecule has 25 heavy (non-hydrogen) atoms. The fraction of sp³-hybridized carbons (Fsp3) is 0.611. The molecule has 0 aromatic heterocycles. The molecule has 0 atom stereocenters. The number of ether oxygens (including phenoxy) is 2. The van der Waals surface area contributed by atoms with Crippen LogP contribution in [0.15, 0.2) is 23.2 Å². The van der Waals surface area contributed by atoms with Crippen molar-refractivity contribution in [1.82, 2.24) is 15.5 Å². The van der Waals surface area contributed by atoms with Crippen molar-refractivity contribution in [3.8, 4) is 11.5 Å². The Morgan fingerprint density at radius 1 is 1.16 bits per heavy atom. The van der Waals surface area contributed by atoms with Gasteiger partial charge in [-0.1, -0.05) is 13.8 Å². The zero-order valence-corrected chi connectivity index (χ0v) is 18.8. The Morgan fingerprint density at radius 2 is 1.84 bits per heavy atom. The van der Waals surface area contributed by atoms with Crippen LogP contribution in [0.5, 0.6) is 11.5 Å². The zero-order chi connectivity index (χ0) is 18.2. The summed E-state index contributed by atoms with van der Waals surface area (Å²) in [6.45, 7) is 6.94. The molecule has 7 heteroatoms. The van der Waals surface area contributed by atoms with Crippen LogP contribution < -0.4 is 20.1 Å². The molecule has 1 aromatic carbocycles. The summed E-state index contributed by atoms with van der Waals surface area (Å²) >= 11 is 0. The second-order valence-corrected chi connectivity index (χ2v) is 6.86. The summed E-state index contributed by atoms with van der Waals surface area (Å²) in [6.07, 6.45) is 0. The second kappa shape index (κ2) is 11.4. The Kier molecular flexibility index (Phi) is 10.8. The lowest BCUT2D eigenvalue weighted by Gasteiger charge is -2.29. The number of halogens is 1. The first-order valence-electron chi connectivity index (χ1n) is 8.11. The molecule has 0 aliphatic heterocycles. The van der Waals surface area contributed by atoms with E-state index in [0.29, 0.717) is 6.54 Å². The van der Waals surface area contributed by atoms with Gasteiger partial charge in [-0.3, -0.25) is 4.99 Å². The van der Waals surface area contributed by atoms with Crippen molar-refractivity contribution in [2.45, 2.75) is 20.4 Å². The first-order valence-corrected chi connectivity index (χ1v) is 8.11. The van der Waals surface area contributed by atoms with Gasteiger partial charge in [0.15, 0.2) is 5.96 Å². The number of rotatable bonds is 8. The van der Waals surface area contributed by atoms with Crippen molar-refractivity contribution in [3.63, 3.8) is 0 Å². The van der Waals surface area contributed by atoms with Gasteiger partial charge in [-0.15, -0.1) is 24.0 Å². The van der Waals surface area contributed by atoms with Gasteiger partial charge in [-0.2, -0.15) is 0 Å². The standard InChI is InChI=1S/C18H32N4O2.HI/c1-18(2,13-22(4)5)12-21-17(19-3)20-11-14-8-9-15(23-6)10-16(14)24-7;/h8-10H,11-13H2,1-7H3,(H2,19,20,21);1H. The van der Waals surface area contributed by atoms with Gasteiger partial charge in [0.1, 0.15) is 11.5 Å². The number of nitrogens with one attached hydrogen (secondary N) is 2. The minimum Gasteiger partial charge on any atom is -0.497 e. The smallest absolute Gasteiger partial charge is 0.191 e. The molecule has 0 heterocycles. The minimum absolute atomic E-state index is 0. The number of hydrogen-bond donors (Lipinski definition) is 2. The van der Waals surface area contributed by atoms with E-state index in [1.165, 1.54) is 0 Å². The Balaban J connectivity index is 0.00000576. The third-order valence-electron chi connectivity index (χ3n) is 3.64. The van der Waals surface area contributed by atoms with Gasteiger partial charge in [0, 0.05) is 38.3 Å². The van der Waals surface area contributed by atoms with Crippen LogP contribution in [-0.4, -0.2) is 59.3 Å². The van der Waals surface area contributed by atoms with E-state index in [9.17, 15) is 0 Å². The molecule has 0 bridgehead atoms. The third kappa shape index (κ3) is 8.62. The minimum atomic E-state index is 0. The Hall–Kier alpha value is -1.22. The molecule has 1 aromatic rings. The Labute approximate surface area is 169 Å². The highest BCUT2D eigenvalue weighted by molar-refractivity contribution is 14.0. The molecular weight excluding hydrogens is 431 g/mol. The van der Waals surface area contributed by atoms with Gasteiger partial charge in [-0.25, -0.2) is 0 Å². The first kappa shape index (κ1) is 23.8. The summed E-state index contributed by atoms with van der Waals surface area (Å²) < 4.78 is 10.7. The molecule has 0 aliphatic carbocycles. The SMILES string of the molecule is CN=C(NCc1ccc(OC)cc1OC)NCC(C)(C)CN(C)C.I. The molecule has 0 saturated heterocycles. The maximum Gasteiger partial charge on any atom is 0.191 e. The summed E-state index contributed by atoms with van der Waals surface area (Å²) in [5.41, 5.74) is 1.20. The van der Waals surface area contributed by atoms with Gasteiger partial charge in [0.05, 0.1) is 14.2 Å². The third-order valence-corrected chi connectivity index (χ3v) is 3.64. The molecule has 1 rings (SSSR count). The number of benzene rings is 1. The average Bonchev–Trinajstić information content (AvgIpc) is 2.53.